The van der Waals surface area contributed by atoms with Crippen LogP contribution < -0.4 is 5.32 Å². The van der Waals surface area contributed by atoms with Gasteiger partial charge in [0.15, 0.2) is 0 Å². The summed E-state index contributed by atoms with van der Waals surface area (Å²) in [5, 5.41) is 13.8. The highest BCUT2D eigenvalue weighted by molar-refractivity contribution is 5.34. The number of phenols is 1. The molecule has 2 N–H and O–H groups in total. The van der Waals surface area contributed by atoms with Crippen molar-refractivity contribution in [2.24, 2.45) is 5.92 Å². The predicted octanol–water partition coefficient (Wildman–Crippen LogP) is 4.40. The summed E-state index contributed by atoms with van der Waals surface area (Å²) in [7, 11) is 0. The molecule has 1 fully saturated rings. The Morgan fingerprint density at radius 2 is 1.95 bits per heavy atom. The second kappa shape index (κ2) is 6.95. The number of rotatable bonds is 4. The molecule has 0 spiro atoms. The Kier molecular flexibility index (Phi) is 5.26. The van der Waals surface area contributed by atoms with Gasteiger partial charge in [0.2, 0.25) is 0 Å². The van der Waals surface area contributed by atoms with Gasteiger partial charge in [-0.05, 0) is 31.2 Å². The average molecular weight is 261 g/mol. The Labute approximate surface area is 117 Å². The molecule has 0 aromatic heterocycles. The van der Waals surface area contributed by atoms with E-state index in [-0.39, 0.29) is 6.04 Å². The fourth-order valence-corrected chi connectivity index (χ4v) is 3.21. The van der Waals surface area contributed by atoms with Crippen LogP contribution in [0.5, 0.6) is 5.75 Å². The normalized spacial score (nSPS) is 25.8. The van der Waals surface area contributed by atoms with Gasteiger partial charge in [0, 0.05) is 17.6 Å². The van der Waals surface area contributed by atoms with E-state index in [1.54, 1.807) is 6.07 Å². The number of benzene rings is 1. The van der Waals surface area contributed by atoms with Crippen molar-refractivity contribution < 1.29 is 5.11 Å². The highest BCUT2D eigenvalue weighted by atomic mass is 16.3. The molecule has 0 bridgehead atoms. The van der Waals surface area contributed by atoms with Crippen molar-refractivity contribution in [2.75, 3.05) is 0 Å². The molecule has 2 heteroatoms. The molecule has 0 amide bonds. The molecule has 1 aliphatic carbocycles. The van der Waals surface area contributed by atoms with Gasteiger partial charge in [-0.15, -0.1) is 0 Å². The standard InChI is InChI=1S/C17H27NO/c1-3-15(14-10-7-8-12-17(14)19)18-16-11-6-4-5-9-13(16)2/h7-8,10,12-13,15-16,18-19H,3-6,9,11H2,1-2H3. The van der Waals surface area contributed by atoms with Crippen LogP contribution in [-0.2, 0) is 0 Å². The molecule has 1 aromatic carbocycles. The summed E-state index contributed by atoms with van der Waals surface area (Å²) in [5.41, 5.74) is 1.04. The summed E-state index contributed by atoms with van der Waals surface area (Å²) in [6, 6.07) is 8.59. The minimum absolute atomic E-state index is 0.270. The predicted molar refractivity (Wildman–Crippen MR) is 80.3 cm³/mol. The van der Waals surface area contributed by atoms with E-state index in [2.05, 4.69) is 19.2 Å². The zero-order valence-corrected chi connectivity index (χ0v) is 12.2. The van der Waals surface area contributed by atoms with Crippen molar-refractivity contribution in [1.29, 1.82) is 0 Å². The summed E-state index contributed by atoms with van der Waals surface area (Å²) in [6.07, 6.45) is 7.68. The van der Waals surface area contributed by atoms with E-state index in [0.717, 1.165) is 17.9 Å². The van der Waals surface area contributed by atoms with Crippen LogP contribution in [0.2, 0.25) is 0 Å². The third-order valence-electron chi connectivity index (χ3n) is 4.50. The Bertz CT molecular complexity index is 391. The zero-order chi connectivity index (χ0) is 13.7. The van der Waals surface area contributed by atoms with Crippen molar-refractivity contribution in [3.8, 4) is 5.75 Å². The highest BCUT2D eigenvalue weighted by Crippen LogP contribution is 2.30. The molecular formula is C17H27NO. The first-order valence-corrected chi connectivity index (χ1v) is 7.76. The van der Waals surface area contributed by atoms with Crippen molar-refractivity contribution in [1.82, 2.24) is 5.32 Å². The van der Waals surface area contributed by atoms with E-state index in [4.69, 9.17) is 0 Å². The molecule has 3 unspecified atom stereocenters. The third kappa shape index (κ3) is 3.73. The lowest BCUT2D eigenvalue weighted by atomic mass is 9.94. The summed E-state index contributed by atoms with van der Waals surface area (Å²) in [6.45, 7) is 4.55. The summed E-state index contributed by atoms with van der Waals surface area (Å²) >= 11 is 0. The van der Waals surface area contributed by atoms with Crippen LogP contribution in [0, 0.1) is 5.92 Å². The molecule has 0 saturated heterocycles. The Morgan fingerprint density at radius 3 is 2.68 bits per heavy atom. The molecule has 2 nitrogen and oxygen atoms in total. The zero-order valence-electron chi connectivity index (χ0n) is 12.2. The quantitative estimate of drug-likeness (QED) is 0.787. The first kappa shape index (κ1) is 14.4. The summed E-state index contributed by atoms with van der Waals surface area (Å²) in [5.74, 6) is 1.16. The number of phenolic OH excluding ortho intramolecular Hbond substituents is 1. The van der Waals surface area contributed by atoms with Gasteiger partial charge in [0.1, 0.15) is 5.75 Å². The molecule has 1 saturated carbocycles. The van der Waals surface area contributed by atoms with Gasteiger partial charge in [-0.3, -0.25) is 0 Å². The number of hydrogen-bond donors (Lipinski definition) is 2. The van der Waals surface area contributed by atoms with Gasteiger partial charge in [-0.2, -0.15) is 0 Å². The molecule has 2 rings (SSSR count). The monoisotopic (exact) mass is 261 g/mol. The van der Waals surface area contributed by atoms with E-state index in [1.165, 1.54) is 32.1 Å². The number of aromatic hydroxyl groups is 1. The van der Waals surface area contributed by atoms with Crippen molar-refractivity contribution >= 4 is 0 Å². The van der Waals surface area contributed by atoms with Crippen LogP contribution in [0.1, 0.15) is 64.0 Å². The third-order valence-corrected chi connectivity index (χ3v) is 4.50. The van der Waals surface area contributed by atoms with Crippen LogP contribution in [0.4, 0.5) is 0 Å². The Balaban J connectivity index is 2.08. The largest absolute Gasteiger partial charge is 0.508 e. The van der Waals surface area contributed by atoms with Gasteiger partial charge < -0.3 is 10.4 Å². The Morgan fingerprint density at radius 1 is 1.21 bits per heavy atom. The lowest BCUT2D eigenvalue weighted by molar-refractivity contribution is 0.313. The molecule has 1 aliphatic rings. The molecular weight excluding hydrogens is 234 g/mol. The van der Waals surface area contributed by atoms with Gasteiger partial charge in [-0.25, -0.2) is 0 Å². The number of para-hydroxylation sites is 1. The second-order valence-electron chi connectivity index (χ2n) is 5.91. The van der Waals surface area contributed by atoms with Crippen molar-refractivity contribution in [2.45, 2.75) is 64.5 Å². The highest BCUT2D eigenvalue weighted by Gasteiger charge is 2.23. The molecule has 106 valence electrons. The molecule has 3 atom stereocenters. The van der Waals surface area contributed by atoms with E-state index >= 15 is 0 Å². The van der Waals surface area contributed by atoms with Gasteiger partial charge in [-0.1, -0.05) is 51.3 Å². The van der Waals surface area contributed by atoms with Crippen molar-refractivity contribution in [3.63, 3.8) is 0 Å². The molecule has 19 heavy (non-hydrogen) atoms. The van der Waals surface area contributed by atoms with Crippen LogP contribution >= 0.6 is 0 Å². The Hall–Kier alpha value is -1.02. The fraction of sp³-hybridized carbons (Fsp3) is 0.647. The van der Waals surface area contributed by atoms with E-state index in [9.17, 15) is 5.11 Å². The molecule has 1 aromatic rings. The smallest absolute Gasteiger partial charge is 0.120 e. The van der Waals surface area contributed by atoms with Crippen LogP contribution in [0.3, 0.4) is 0 Å². The minimum atomic E-state index is 0.270. The van der Waals surface area contributed by atoms with Gasteiger partial charge >= 0.3 is 0 Å². The number of hydrogen-bond acceptors (Lipinski definition) is 2. The van der Waals surface area contributed by atoms with Crippen LogP contribution in [0.25, 0.3) is 0 Å². The molecule has 0 heterocycles. The molecule has 0 radical (unpaired) electrons. The van der Waals surface area contributed by atoms with Crippen LogP contribution in [0.15, 0.2) is 24.3 Å². The lowest BCUT2D eigenvalue weighted by Crippen LogP contribution is -2.37. The van der Waals surface area contributed by atoms with Crippen molar-refractivity contribution in [3.05, 3.63) is 29.8 Å². The van der Waals surface area contributed by atoms with Gasteiger partial charge in [0.25, 0.3) is 0 Å². The van der Waals surface area contributed by atoms with Gasteiger partial charge in [0.05, 0.1) is 0 Å². The summed E-state index contributed by atoms with van der Waals surface area (Å²) in [4.78, 5) is 0. The maximum atomic E-state index is 10.0. The number of nitrogens with one attached hydrogen (secondary N) is 1. The van der Waals surface area contributed by atoms with E-state index < -0.39 is 0 Å². The second-order valence-corrected chi connectivity index (χ2v) is 5.91. The SMILES string of the molecule is CCC(NC1CCCCCC1C)c1ccccc1O. The first-order chi connectivity index (χ1) is 9.22. The topological polar surface area (TPSA) is 32.3 Å². The average Bonchev–Trinajstić information content (AvgIpc) is 2.62. The fourth-order valence-electron chi connectivity index (χ4n) is 3.21. The maximum Gasteiger partial charge on any atom is 0.120 e. The molecule has 0 aliphatic heterocycles. The summed E-state index contributed by atoms with van der Waals surface area (Å²) < 4.78 is 0. The maximum absolute atomic E-state index is 10.0. The van der Waals surface area contributed by atoms with Crippen LogP contribution in [-0.4, -0.2) is 11.1 Å². The first-order valence-electron chi connectivity index (χ1n) is 7.76. The van der Waals surface area contributed by atoms with E-state index in [1.807, 2.05) is 18.2 Å². The lowest BCUT2D eigenvalue weighted by Gasteiger charge is -2.29. The van der Waals surface area contributed by atoms with E-state index in [0.29, 0.717) is 11.8 Å². The minimum Gasteiger partial charge on any atom is -0.508 e.